The molecule has 2 N–H and O–H groups in total. The maximum absolute atomic E-state index is 15.9. The molecule has 3 aliphatic heterocycles. The van der Waals surface area contributed by atoms with Crippen LogP contribution in [0.4, 0.5) is 0 Å². The Bertz CT molecular complexity index is 2220. The van der Waals surface area contributed by atoms with E-state index in [-0.39, 0.29) is 32.2 Å². The van der Waals surface area contributed by atoms with Gasteiger partial charge in [-0.2, -0.15) is 5.06 Å². The number of rotatable bonds is 14. The number of nitrogens with one attached hydrogen (secondary N) is 1. The van der Waals surface area contributed by atoms with Gasteiger partial charge in [-0.05, 0) is 67.0 Å². The van der Waals surface area contributed by atoms with Gasteiger partial charge >= 0.3 is 11.9 Å². The van der Waals surface area contributed by atoms with E-state index in [2.05, 4.69) is 27.9 Å². The van der Waals surface area contributed by atoms with Gasteiger partial charge in [0.15, 0.2) is 6.04 Å². The lowest BCUT2D eigenvalue weighted by Gasteiger charge is -2.50. The molecule has 326 valence electrons. The molecule has 0 aromatic heterocycles. The summed E-state index contributed by atoms with van der Waals surface area (Å²) >= 11 is 2.24. The highest BCUT2D eigenvalue weighted by molar-refractivity contribution is 14.1. The van der Waals surface area contributed by atoms with Gasteiger partial charge in [0.1, 0.15) is 41.5 Å². The molecule has 3 heterocycles. The highest BCUT2D eigenvalue weighted by atomic mass is 127. The number of likely N-dealkylation sites (N-methyl/N-ethyl adjacent to an activating group) is 1. The number of hydrogen-bond donors (Lipinski definition) is 2. The SMILES string of the molecule is CN(C(=O)[C@@]12C[C@H]3OC(=O)[C@@H]1N(Cc1ccccc1I)O[C@@H]2[C@H]1OC(c2ccccc2)(c2ccccc2)O[C@H]13)[C@H](Cc1ccccc1)C(=O)N[C@H](CO)CCC(=O)OC(C)(C)C. The Hall–Kier alpha value is -4.71. The summed E-state index contributed by atoms with van der Waals surface area (Å²) in [6.45, 7) is 5.02. The lowest BCUT2D eigenvalue weighted by atomic mass is 9.62. The van der Waals surface area contributed by atoms with E-state index in [1.807, 2.05) is 115 Å². The molecule has 0 radical (unpaired) electrons. The molecule has 62 heavy (non-hydrogen) atoms. The van der Waals surface area contributed by atoms with Crippen LogP contribution in [0.2, 0.25) is 0 Å². The Balaban J connectivity index is 1.18. The van der Waals surface area contributed by atoms with Gasteiger partial charge in [-0.15, -0.1) is 0 Å². The number of hydrogen-bond acceptors (Lipinski definition) is 11. The quantitative estimate of drug-likeness (QED) is 0.123. The van der Waals surface area contributed by atoms with E-state index in [4.69, 9.17) is 23.8 Å². The first kappa shape index (κ1) is 43.9. The number of carbonyl (C=O) groups is 4. The molecule has 8 rings (SSSR count). The summed E-state index contributed by atoms with van der Waals surface area (Å²) < 4.78 is 26.9. The third-order valence-corrected chi connectivity index (χ3v) is 13.2. The Morgan fingerprint density at radius 1 is 0.903 bits per heavy atom. The second-order valence-electron chi connectivity index (χ2n) is 17.5. The molecule has 8 atom stereocenters. The zero-order valence-corrected chi connectivity index (χ0v) is 37.3. The number of fused-ring (bicyclic) bond motifs is 4. The number of carbonyl (C=O) groups excluding carboxylic acids is 4. The molecule has 2 bridgehead atoms. The molecule has 4 aliphatic rings. The predicted octanol–water partition coefficient (Wildman–Crippen LogP) is 5.45. The Morgan fingerprint density at radius 2 is 1.50 bits per heavy atom. The second kappa shape index (κ2) is 17.8. The lowest BCUT2D eigenvalue weighted by molar-refractivity contribution is -0.214. The summed E-state index contributed by atoms with van der Waals surface area (Å²) in [6.07, 6.45) is -3.46. The van der Waals surface area contributed by atoms with Gasteiger partial charge in [0, 0.05) is 41.0 Å². The molecule has 0 spiro atoms. The number of amides is 2. The van der Waals surface area contributed by atoms with E-state index in [0.29, 0.717) is 11.1 Å². The number of aliphatic hydroxyl groups excluding tert-OH is 1. The van der Waals surface area contributed by atoms with E-state index in [1.165, 1.54) is 4.90 Å². The van der Waals surface area contributed by atoms with E-state index < -0.39 is 89.7 Å². The van der Waals surface area contributed by atoms with Crippen LogP contribution in [0.5, 0.6) is 0 Å². The van der Waals surface area contributed by atoms with Crippen molar-refractivity contribution < 1.29 is 48.1 Å². The maximum atomic E-state index is 15.9. The summed E-state index contributed by atoms with van der Waals surface area (Å²) in [5.41, 5.74) is 0.809. The fourth-order valence-electron chi connectivity index (χ4n) is 9.37. The molecule has 1 aliphatic carbocycles. The van der Waals surface area contributed by atoms with Gasteiger partial charge in [0.25, 0.3) is 0 Å². The molecule has 14 heteroatoms. The number of benzene rings is 4. The monoisotopic (exact) mass is 957 g/mol. The molecular formula is C48H52IN3O10. The Kier molecular flexibility index (Phi) is 12.6. The van der Waals surface area contributed by atoms with E-state index in [0.717, 1.165) is 14.7 Å². The van der Waals surface area contributed by atoms with E-state index >= 15 is 4.79 Å². The number of esters is 2. The molecule has 1 saturated carbocycles. The first-order valence-electron chi connectivity index (χ1n) is 21.0. The Labute approximate surface area is 375 Å². The van der Waals surface area contributed by atoms with Crippen molar-refractivity contribution in [2.24, 2.45) is 5.41 Å². The standard InChI is InChI=1S/C48H52IN3O10/c1-46(2,3)59-38(54)25-24-34(29-53)50-43(55)36(26-30-16-8-5-9-17-30)51(4)45(57)47-27-37-39-40(61-48(60-39,32-19-10-6-11-20-32)33-21-12-7-13-22-33)42(47)62-52(41(47)44(56)58-37)28-31-18-14-15-23-35(31)49/h5-23,34,36-37,39-42,53H,24-29H2,1-4H3,(H,50,55)/t34-,36+,37+,39-,40-,41-,42+,47-/m0/s1. The van der Waals surface area contributed by atoms with Crippen molar-refractivity contribution in [2.45, 2.75) is 107 Å². The molecule has 2 amide bonds. The number of ether oxygens (including phenoxy) is 4. The van der Waals surface area contributed by atoms with Gasteiger partial charge in [-0.3, -0.25) is 24.0 Å². The average Bonchev–Trinajstić information content (AvgIpc) is 3.84. The largest absolute Gasteiger partial charge is 0.460 e. The van der Waals surface area contributed by atoms with Crippen molar-refractivity contribution in [1.82, 2.24) is 15.3 Å². The maximum Gasteiger partial charge on any atom is 0.327 e. The first-order chi connectivity index (χ1) is 29.7. The van der Waals surface area contributed by atoms with Crippen LogP contribution < -0.4 is 5.32 Å². The molecule has 0 unspecified atom stereocenters. The highest BCUT2D eigenvalue weighted by Gasteiger charge is 2.77. The lowest BCUT2D eigenvalue weighted by Crippen LogP contribution is -2.70. The van der Waals surface area contributed by atoms with Crippen LogP contribution in [0, 0.1) is 8.99 Å². The summed E-state index contributed by atoms with van der Waals surface area (Å²) in [5, 5.41) is 14.8. The predicted molar refractivity (Wildman–Crippen MR) is 235 cm³/mol. The second-order valence-corrected chi connectivity index (χ2v) is 18.6. The van der Waals surface area contributed by atoms with Crippen LogP contribution >= 0.6 is 22.6 Å². The number of halogens is 1. The number of hydroxylamine groups is 2. The van der Waals surface area contributed by atoms with Crippen LogP contribution in [0.1, 0.15) is 62.3 Å². The summed E-state index contributed by atoms with van der Waals surface area (Å²) in [6, 6.07) is 33.0. The summed E-state index contributed by atoms with van der Waals surface area (Å²) in [7, 11) is 1.56. The minimum atomic E-state index is -1.59. The zero-order valence-electron chi connectivity index (χ0n) is 35.1. The zero-order chi connectivity index (χ0) is 43.8. The van der Waals surface area contributed by atoms with Crippen molar-refractivity contribution in [2.75, 3.05) is 13.7 Å². The summed E-state index contributed by atoms with van der Waals surface area (Å²) in [4.78, 5) is 65.9. The van der Waals surface area contributed by atoms with Gasteiger partial charge in [0.2, 0.25) is 17.6 Å². The van der Waals surface area contributed by atoms with Crippen LogP contribution in [0.15, 0.2) is 115 Å². The summed E-state index contributed by atoms with van der Waals surface area (Å²) in [5.74, 6) is -3.57. The molecule has 4 aromatic rings. The number of aliphatic hydroxyl groups is 1. The molecule has 4 aromatic carbocycles. The van der Waals surface area contributed by atoms with Crippen LogP contribution in [0.3, 0.4) is 0 Å². The molecular weight excluding hydrogens is 905 g/mol. The fourth-order valence-corrected chi connectivity index (χ4v) is 9.93. The van der Waals surface area contributed by atoms with Crippen LogP contribution in [-0.2, 0) is 61.7 Å². The smallest absolute Gasteiger partial charge is 0.327 e. The van der Waals surface area contributed by atoms with Crippen molar-refractivity contribution >= 4 is 46.3 Å². The third kappa shape index (κ3) is 8.40. The van der Waals surface area contributed by atoms with Gasteiger partial charge in [0.05, 0.1) is 19.2 Å². The van der Waals surface area contributed by atoms with Gasteiger partial charge in [-0.1, -0.05) is 109 Å². The minimum absolute atomic E-state index is 0.0392. The first-order valence-corrected chi connectivity index (χ1v) is 22.1. The third-order valence-electron chi connectivity index (χ3n) is 12.2. The van der Waals surface area contributed by atoms with E-state index in [1.54, 1.807) is 32.9 Å². The van der Waals surface area contributed by atoms with Crippen molar-refractivity contribution in [3.05, 3.63) is 141 Å². The topological polar surface area (TPSA) is 153 Å². The van der Waals surface area contributed by atoms with Crippen molar-refractivity contribution in [3.8, 4) is 0 Å². The molecule has 3 saturated heterocycles. The molecule has 13 nitrogen and oxygen atoms in total. The van der Waals surface area contributed by atoms with Gasteiger partial charge < -0.3 is 34.3 Å². The van der Waals surface area contributed by atoms with Crippen molar-refractivity contribution in [3.63, 3.8) is 0 Å². The Morgan fingerprint density at radius 3 is 2.11 bits per heavy atom. The normalized spacial score (nSPS) is 25.8. The fraction of sp³-hybridized carbons (Fsp3) is 0.417. The van der Waals surface area contributed by atoms with Crippen LogP contribution in [-0.4, -0.2) is 101 Å². The van der Waals surface area contributed by atoms with Crippen LogP contribution in [0.25, 0.3) is 0 Å². The number of nitrogens with zero attached hydrogens (tertiary/aromatic N) is 2. The minimum Gasteiger partial charge on any atom is -0.460 e. The average molecular weight is 958 g/mol. The van der Waals surface area contributed by atoms with Crippen molar-refractivity contribution in [1.29, 1.82) is 0 Å². The highest BCUT2D eigenvalue weighted by Crippen LogP contribution is 2.60. The van der Waals surface area contributed by atoms with Gasteiger partial charge in [-0.25, -0.2) is 0 Å². The van der Waals surface area contributed by atoms with E-state index in [9.17, 15) is 19.5 Å². The molecule has 4 fully saturated rings.